The lowest BCUT2D eigenvalue weighted by Crippen LogP contribution is -2.21. The first-order chi connectivity index (χ1) is 18.0. The van der Waals surface area contributed by atoms with E-state index in [1.807, 2.05) is 36.4 Å². The van der Waals surface area contributed by atoms with Crippen LogP contribution in [0.5, 0.6) is 5.88 Å². The molecule has 0 saturated heterocycles. The number of hydrogen-bond acceptors (Lipinski definition) is 10. The minimum Gasteiger partial charge on any atom is -0.491 e. The van der Waals surface area contributed by atoms with E-state index in [1.165, 1.54) is 11.5 Å². The highest BCUT2D eigenvalue weighted by Gasteiger charge is 2.38. The Bertz CT molecular complexity index is 1620. The Morgan fingerprint density at radius 1 is 1.18 bits per heavy atom. The Morgan fingerprint density at radius 3 is 2.63 bits per heavy atom. The normalized spacial score (nSPS) is 11.2. The molecule has 0 fully saturated rings. The fourth-order valence-corrected chi connectivity index (χ4v) is 3.92. The summed E-state index contributed by atoms with van der Waals surface area (Å²) in [7, 11) is 0. The van der Waals surface area contributed by atoms with E-state index < -0.39 is 12.1 Å². The van der Waals surface area contributed by atoms with Crippen molar-refractivity contribution >= 4 is 56.6 Å². The van der Waals surface area contributed by atoms with Gasteiger partial charge in [-0.25, -0.2) is 4.79 Å². The number of aromatic nitrogens is 5. The zero-order valence-corrected chi connectivity index (χ0v) is 20.2. The number of alkyl halides is 3. The monoisotopic (exact) mass is 566 g/mol. The van der Waals surface area contributed by atoms with Crippen molar-refractivity contribution in [2.75, 3.05) is 5.32 Å². The average molecular weight is 567 g/mol. The number of carboxylic acids is 1. The number of anilines is 2. The summed E-state index contributed by atoms with van der Waals surface area (Å²) in [5, 5.41) is 28.4. The number of carbonyl (C=O) groups is 2. The van der Waals surface area contributed by atoms with Crippen molar-refractivity contribution in [2.24, 2.45) is 0 Å². The van der Waals surface area contributed by atoms with Crippen LogP contribution in [0, 0.1) is 0 Å². The molecular formula is C22H14ClF3N6O5S. The number of nitrogens with one attached hydrogen (secondary N) is 2. The molecule has 0 spiro atoms. The maximum Gasteiger partial charge on any atom is 0.490 e. The third kappa shape index (κ3) is 6.24. The maximum atomic E-state index is 12.3. The molecular weight excluding hydrogens is 553 g/mol. The van der Waals surface area contributed by atoms with Gasteiger partial charge < -0.3 is 19.9 Å². The summed E-state index contributed by atoms with van der Waals surface area (Å²) in [5.74, 6) is -3.03. The zero-order valence-electron chi connectivity index (χ0n) is 18.7. The average Bonchev–Trinajstić information content (AvgIpc) is 3.62. The van der Waals surface area contributed by atoms with Crippen LogP contribution in [0.3, 0.4) is 0 Å². The molecule has 196 valence electrons. The van der Waals surface area contributed by atoms with E-state index in [0.29, 0.717) is 21.7 Å². The lowest BCUT2D eigenvalue weighted by Gasteiger charge is -2.05. The van der Waals surface area contributed by atoms with E-state index in [1.54, 1.807) is 6.20 Å². The number of fused-ring (bicyclic) bond motifs is 1. The SMILES string of the molecule is O=C(Cc1cccc(-c2nsc(Nc3ccc4[nH]ncc4c3Cl)n2)c1)c1nc(O)co1.O=C(O)C(F)(F)F. The van der Waals surface area contributed by atoms with Gasteiger partial charge in [-0.3, -0.25) is 9.89 Å². The molecule has 0 radical (unpaired) electrons. The molecule has 0 unspecified atom stereocenters. The Balaban J connectivity index is 0.000000426. The smallest absolute Gasteiger partial charge is 0.490 e. The Labute approximate surface area is 219 Å². The molecule has 38 heavy (non-hydrogen) atoms. The van der Waals surface area contributed by atoms with Gasteiger partial charge in [0.25, 0.3) is 11.8 Å². The topological polar surface area (TPSA) is 167 Å². The van der Waals surface area contributed by atoms with Crippen LogP contribution in [0.1, 0.15) is 16.2 Å². The predicted molar refractivity (Wildman–Crippen MR) is 130 cm³/mol. The largest absolute Gasteiger partial charge is 0.491 e. The van der Waals surface area contributed by atoms with Gasteiger partial charge in [0, 0.05) is 28.9 Å². The molecule has 5 aromatic rings. The number of H-pyrrole nitrogens is 1. The van der Waals surface area contributed by atoms with Gasteiger partial charge in [0.2, 0.25) is 10.9 Å². The first kappa shape index (κ1) is 26.6. The summed E-state index contributed by atoms with van der Waals surface area (Å²) >= 11 is 7.65. The molecule has 2 aromatic carbocycles. The molecule has 16 heteroatoms. The molecule has 4 N–H and O–H groups in total. The third-order valence-corrected chi connectivity index (χ3v) is 5.79. The Kier molecular flexibility index (Phi) is 7.59. The number of carboxylic acid groups (broad SMARTS) is 1. The van der Waals surface area contributed by atoms with E-state index in [-0.39, 0.29) is 24.0 Å². The standard InChI is InChI=1S/C20H13ClN6O3S.C2HF3O2/c21-17-12-8-22-26-13(12)4-5-14(17)23-20-25-18(27-31-20)11-3-1-2-10(6-11)7-15(28)19-24-16(29)9-30-19;3-2(4,5)1(6)7/h1-6,8-9,29H,7H2,(H,22,26)(H,23,25,27);(H,6,7). The summed E-state index contributed by atoms with van der Waals surface area (Å²) in [5.41, 5.74) is 3.06. The van der Waals surface area contributed by atoms with Crippen LogP contribution in [0.2, 0.25) is 5.02 Å². The number of aliphatic carboxylic acids is 1. The number of Topliss-reactive ketones (excluding diaryl/α,β-unsaturated/α-hetero) is 1. The highest BCUT2D eigenvalue weighted by atomic mass is 35.5. The Hall–Kier alpha value is -4.50. The fourth-order valence-electron chi connectivity index (χ4n) is 3.06. The van der Waals surface area contributed by atoms with Gasteiger partial charge in [-0.05, 0) is 23.8 Å². The summed E-state index contributed by atoms with van der Waals surface area (Å²) in [6.45, 7) is 0. The number of oxazole rings is 1. The van der Waals surface area contributed by atoms with Gasteiger partial charge in [0.1, 0.15) is 0 Å². The number of aromatic hydroxyl groups is 1. The number of nitrogens with zero attached hydrogens (tertiary/aromatic N) is 4. The number of benzene rings is 2. The van der Waals surface area contributed by atoms with Gasteiger partial charge in [0.15, 0.2) is 12.1 Å². The third-order valence-electron chi connectivity index (χ3n) is 4.75. The predicted octanol–water partition coefficient (Wildman–Crippen LogP) is 5.23. The second-order valence-corrected chi connectivity index (χ2v) is 8.55. The summed E-state index contributed by atoms with van der Waals surface area (Å²) in [6, 6.07) is 11.1. The minimum atomic E-state index is -5.08. The molecule has 0 aliphatic carbocycles. The lowest BCUT2D eigenvalue weighted by atomic mass is 10.1. The summed E-state index contributed by atoms with van der Waals surface area (Å²) in [4.78, 5) is 29.3. The van der Waals surface area contributed by atoms with E-state index in [4.69, 9.17) is 25.9 Å². The molecule has 0 bridgehead atoms. The number of rotatable bonds is 6. The molecule has 3 heterocycles. The van der Waals surface area contributed by atoms with Gasteiger partial charge in [-0.1, -0.05) is 29.8 Å². The molecule has 0 saturated carbocycles. The van der Waals surface area contributed by atoms with Crippen LogP contribution in [0.15, 0.2) is 53.3 Å². The second-order valence-electron chi connectivity index (χ2n) is 7.42. The number of ketones is 1. The van der Waals surface area contributed by atoms with Crippen molar-refractivity contribution in [1.29, 1.82) is 0 Å². The molecule has 0 aliphatic heterocycles. The maximum absolute atomic E-state index is 12.3. The van der Waals surface area contributed by atoms with Crippen LogP contribution >= 0.6 is 23.1 Å². The highest BCUT2D eigenvalue weighted by Crippen LogP contribution is 2.33. The summed E-state index contributed by atoms with van der Waals surface area (Å²) < 4.78 is 41.1. The van der Waals surface area contributed by atoms with Crippen molar-refractivity contribution in [3.8, 4) is 17.3 Å². The van der Waals surface area contributed by atoms with E-state index in [9.17, 15) is 23.1 Å². The number of carbonyl (C=O) groups excluding carboxylic acids is 1. The number of aromatic amines is 1. The van der Waals surface area contributed by atoms with E-state index >= 15 is 0 Å². The van der Waals surface area contributed by atoms with Gasteiger partial charge in [-0.15, -0.1) is 0 Å². The van der Waals surface area contributed by atoms with Gasteiger partial charge in [-0.2, -0.15) is 32.6 Å². The first-order valence-electron chi connectivity index (χ1n) is 10.3. The number of hydrogen-bond donors (Lipinski definition) is 4. The quantitative estimate of drug-likeness (QED) is 0.200. The number of halogens is 4. The Morgan fingerprint density at radius 2 is 1.95 bits per heavy atom. The van der Waals surface area contributed by atoms with Crippen molar-refractivity contribution in [3.63, 3.8) is 0 Å². The molecule has 11 nitrogen and oxygen atoms in total. The minimum absolute atomic E-state index is 0.0728. The molecule has 0 aliphatic rings. The fraction of sp³-hybridized carbons (Fsp3) is 0.0909. The van der Waals surface area contributed by atoms with Crippen molar-refractivity contribution in [2.45, 2.75) is 12.6 Å². The molecule has 0 amide bonds. The van der Waals surface area contributed by atoms with Gasteiger partial charge >= 0.3 is 12.1 Å². The molecule has 3 aromatic heterocycles. The van der Waals surface area contributed by atoms with E-state index in [0.717, 1.165) is 28.3 Å². The zero-order chi connectivity index (χ0) is 27.4. The summed E-state index contributed by atoms with van der Waals surface area (Å²) in [6.07, 6.45) is -2.32. The van der Waals surface area contributed by atoms with Crippen LogP contribution < -0.4 is 5.32 Å². The van der Waals surface area contributed by atoms with Crippen molar-refractivity contribution in [1.82, 2.24) is 24.5 Å². The lowest BCUT2D eigenvalue weighted by molar-refractivity contribution is -0.192. The molecule has 0 atom stereocenters. The van der Waals surface area contributed by atoms with E-state index in [2.05, 4.69) is 29.9 Å². The molecule has 5 rings (SSSR count). The highest BCUT2D eigenvalue weighted by molar-refractivity contribution is 7.10. The van der Waals surface area contributed by atoms with Crippen LogP contribution in [-0.2, 0) is 11.2 Å². The first-order valence-corrected chi connectivity index (χ1v) is 11.5. The van der Waals surface area contributed by atoms with Crippen LogP contribution in [-0.4, -0.2) is 52.7 Å². The second kappa shape index (κ2) is 10.9. The van der Waals surface area contributed by atoms with Crippen LogP contribution in [0.25, 0.3) is 22.3 Å². The van der Waals surface area contributed by atoms with Crippen molar-refractivity contribution < 1.29 is 37.4 Å². The van der Waals surface area contributed by atoms with Gasteiger partial charge in [0.05, 0.1) is 22.4 Å². The van der Waals surface area contributed by atoms with Crippen molar-refractivity contribution in [3.05, 3.63) is 65.3 Å². The van der Waals surface area contributed by atoms with Crippen LogP contribution in [0.4, 0.5) is 24.0 Å².